The van der Waals surface area contributed by atoms with Crippen molar-refractivity contribution in [2.45, 2.75) is 6.54 Å². The SMILES string of the molecule is CN=C(NCCOc1ccc(OC)cc1)N(C)Cc1ccccc1.I. The Morgan fingerprint density at radius 3 is 2.28 bits per heavy atom. The fraction of sp³-hybridized carbons (Fsp3) is 0.316. The Hall–Kier alpha value is -1.96. The summed E-state index contributed by atoms with van der Waals surface area (Å²) in [6.07, 6.45) is 0. The molecule has 0 fully saturated rings. The van der Waals surface area contributed by atoms with Crippen molar-refractivity contribution < 1.29 is 9.47 Å². The van der Waals surface area contributed by atoms with E-state index in [0.717, 1.165) is 24.0 Å². The standard InChI is InChI=1S/C19H25N3O2.HI/c1-20-19(22(2)15-16-7-5-4-6-8-16)21-13-14-24-18-11-9-17(23-3)10-12-18;/h4-12H,13-15H2,1-3H3,(H,20,21);1H. The quantitative estimate of drug-likeness (QED) is 0.301. The zero-order chi connectivity index (χ0) is 17.2. The van der Waals surface area contributed by atoms with Crippen LogP contribution in [0.3, 0.4) is 0 Å². The zero-order valence-electron chi connectivity index (χ0n) is 14.9. The van der Waals surface area contributed by atoms with Crippen LogP contribution in [0.5, 0.6) is 11.5 Å². The first-order valence-corrected chi connectivity index (χ1v) is 7.95. The second kappa shape index (κ2) is 11.6. The van der Waals surface area contributed by atoms with E-state index in [9.17, 15) is 0 Å². The Balaban J connectivity index is 0.00000312. The van der Waals surface area contributed by atoms with E-state index in [0.29, 0.717) is 13.2 Å². The van der Waals surface area contributed by atoms with Crippen LogP contribution < -0.4 is 14.8 Å². The van der Waals surface area contributed by atoms with E-state index >= 15 is 0 Å². The van der Waals surface area contributed by atoms with Crippen molar-refractivity contribution in [2.24, 2.45) is 4.99 Å². The summed E-state index contributed by atoms with van der Waals surface area (Å²) in [5.74, 6) is 2.49. The van der Waals surface area contributed by atoms with Gasteiger partial charge >= 0.3 is 0 Å². The molecule has 0 saturated heterocycles. The van der Waals surface area contributed by atoms with E-state index in [-0.39, 0.29) is 24.0 Å². The number of guanidine groups is 1. The lowest BCUT2D eigenvalue weighted by Crippen LogP contribution is -2.40. The molecule has 25 heavy (non-hydrogen) atoms. The van der Waals surface area contributed by atoms with Gasteiger partial charge in [-0.25, -0.2) is 0 Å². The van der Waals surface area contributed by atoms with E-state index in [1.807, 2.05) is 49.5 Å². The minimum atomic E-state index is 0. The average molecular weight is 455 g/mol. The number of benzene rings is 2. The number of aliphatic imine (C=N–C) groups is 1. The van der Waals surface area contributed by atoms with Crippen LogP contribution in [0.2, 0.25) is 0 Å². The molecule has 0 aromatic heterocycles. The third kappa shape index (κ3) is 7.21. The van der Waals surface area contributed by atoms with Crippen molar-refractivity contribution in [1.29, 1.82) is 0 Å². The van der Waals surface area contributed by atoms with Gasteiger partial charge in [-0.3, -0.25) is 4.99 Å². The lowest BCUT2D eigenvalue weighted by molar-refractivity contribution is 0.318. The molecule has 5 nitrogen and oxygen atoms in total. The van der Waals surface area contributed by atoms with Crippen LogP contribution in [-0.4, -0.2) is 45.2 Å². The summed E-state index contributed by atoms with van der Waals surface area (Å²) >= 11 is 0. The number of rotatable bonds is 7. The number of nitrogens with zero attached hydrogens (tertiary/aromatic N) is 2. The molecule has 0 amide bonds. The largest absolute Gasteiger partial charge is 0.497 e. The molecule has 1 N–H and O–H groups in total. The first kappa shape index (κ1) is 21.1. The smallest absolute Gasteiger partial charge is 0.193 e. The average Bonchev–Trinajstić information content (AvgIpc) is 2.63. The van der Waals surface area contributed by atoms with Crippen LogP contribution in [0.4, 0.5) is 0 Å². The van der Waals surface area contributed by atoms with Crippen molar-refractivity contribution in [2.75, 3.05) is 34.4 Å². The highest BCUT2D eigenvalue weighted by molar-refractivity contribution is 14.0. The van der Waals surface area contributed by atoms with Crippen molar-refractivity contribution in [1.82, 2.24) is 10.2 Å². The molecule has 0 aliphatic rings. The van der Waals surface area contributed by atoms with Gasteiger partial charge < -0.3 is 19.7 Å². The Kier molecular flexibility index (Phi) is 9.76. The molecule has 0 saturated carbocycles. The summed E-state index contributed by atoms with van der Waals surface area (Å²) in [6, 6.07) is 17.9. The monoisotopic (exact) mass is 455 g/mol. The molecule has 0 heterocycles. The Labute approximate surface area is 167 Å². The van der Waals surface area contributed by atoms with Gasteiger partial charge in [0.25, 0.3) is 0 Å². The highest BCUT2D eigenvalue weighted by atomic mass is 127. The summed E-state index contributed by atoms with van der Waals surface area (Å²) in [7, 11) is 5.46. The third-order valence-electron chi connectivity index (χ3n) is 3.55. The molecule has 0 unspecified atom stereocenters. The Morgan fingerprint density at radius 2 is 1.68 bits per heavy atom. The lowest BCUT2D eigenvalue weighted by atomic mass is 10.2. The first-order chi connectivity index (χ1) is 11.7. The van der Waals surface area contributed by atoms with E-state index in [2.05, 4.69) is 27.3 Å². The molecule has 2 aromatic rings. The third-order valence-corrected chi connectivity index (χ3v) is 3.55. The maximum atomic E-state index is 5.71. The lowest BCUT2D eigenvalue weighted by Gasteiger charge is -2.22. The second-order valence-corrected chi connectivity index (χ2v) is 5.34. The van der Waals surface area contributed by atoms with Crippen LogP contribution in [0.25, 0.3) is 0 Å². The molecule has 0 radical (unpaired) electrons. The van der Waals surface area contributed by atoms with Gasteiger partial charge in [0.15, 0.2) is 5.96 Å². The van der Waals surface area contributed by atoms with Crippen molar-refractivity contribution in [3.05, 3.63) is 60.2 Å². The number of halogens is 1. The number of nitrogens with one attached hydrogen (secondary N) is 1. The number of methoxy groups -OCH3 is 1. The van der Waals surface area contributed by atoms with Gasteiger partial charge in [0.2, 0.25) is 0 Å². The fourth-order valence-corrected chi connectivity index (χ4v) is 2.32. The maximum Gasteiger partial charge on any atom is 0.193 e. The number of hydrogen-bond acceptors (Lipinski definition) is 3. The Morgan fingerprint density at radius 1 is 1.04 bits per heavy atom. The molecule has 0 aliphatic heterocycles. The number of ether oxygens (including phenoxy) is 2. The van der Waals surface area contributed by atoms with E-state index in [1.165, 1.54) is 5.56 Å². The van der Waals surface area contributed by atoms with Gasteiger partial charge in [0.05, 0.1) is 13.7 Å². The van der Waals surface area contributed by atoms with Gasteiger partial charge in [-0.15, -0.1) is 24.0 Å². The number of hydrogen-bond donors (Lipinski definition) is 1. The van der Waals surface area contributed by atoms with Gasteiger partial charge in [0, 0.05) is 20.6 Å². The molecule has 0 spiro atoms. The summed E-state index contributed by atoms with van der Waals surface area (Å²) < 4.78 is 10.8. The second-order valence-electron chi connectivity index (χ2n) is 5.34. The van der Waals surface area contributed by atoms with Crippen LogP contribution in [0.15, 0.2) is 59.6 Å². The zero-order valence-corrected chi connectivity index (χ0v) is 17.3. The molecular weight excluding hydrogens is 429 g/mol. The van der Waals surface area contributed by atoms with E-state index in [4.69, 9.17) is 9.47 Å². The fourth-order valence-electron chi connectivity index (χ4n) is 2.32. The molecule has 2 rings (SSSR count). The van der Waals surface area contributed by atoms with Gasteiger partial charge in [-0.1, -0.05) is 30.3 Å². The van der Waals surface area contributed by atoms with Gasteiger partial charge in [-0.2, -0.15) is 0 Å². The molecular formula is C19H26IN3O2. The highest BCUT2D eigenvalue weighted by Crippen LogP contribution is 2.16. The minimum Gasteiger partial charge on any atom is -0.497 e. The molecule has 0 atom stereocenters. The van der Waals surface area contributed by atoms with Crippen LogP contribution in [0.1, 0.15) is 5.56 Å². The topological polar surface area (TPSA) is 46.1 Å². The minimum absolute atomic E-state index is 0. The van der Waals surface area contributed by atoms with E-state index < -0.39 is 0 Å². The van der Waals surface area contributed by atoms with Crippen molar-refractivity contribution in [3.8, 4) is 11.5 Å². The predicted molar refractivity (Wildman–Crippen MR) is 113 cm³/mol. The summed E-state index contributed by atoms with van der Waals surface area (Å²) in [5.41, 5.74) is 1.25. The highest BCUT2D eigenvalue weighted by Gasteiger charge is 2.06. The summed E-state index contributed by atoms with van der Waals surface area (Å²) in [5, 5.41) is 3.31. The molecule has 0 aliphatic carbocycles. The van der Waals surface area contributed by atoms with E-state index in [1.54, 1.807) is 14.2 Å². The van der Waals surface area contributed by atoms with Crippen LogP contribution in [0, 0.1) is 0 Å². The summed E-state index contributed by atoms with van der Waals surface area (Å²) in [6.45, 7) is 2.04. The van der Waals surface area contributed by atoms with Crippen molar-refractivity contribution in [3.63, 3.8) is 0 Å². The molecule has 0 bridgehead atoms. The molecule has 136 valence electrons. The normalized spacial score (nSPS) is 10.6. The summed E-state index contributed by atoms with van der Waals surface area (Å²) in [4.78, 5) is 6.40. The van der Waals surface area contributed by atoms with Crippen LogP contribution >= 0.6 is 24.0 Å². The van der Waals surface area contributed by atoms with Crippen LogP contribution in [-0.2, 0) is 6.54 Å². The molecule has 2 aromatic carbocycles. The Bertz CT molecular complexity index is 633. The van der Waals surface area contributed by atoms with Gasteiger partial charge in [-0.05, 0) is 29.8 Å². The van der Waals surface area contributed by atoms with Crippen molar-refractivity contribution >= 4 is 29.9 Å². The first-order valence-electron chi connectivity index (χ1n) is 7.95. The molecule has 6 heteroatoms. The predicted octanol–water partition coefficient (Wildman–Crippen LogP) is 3.40. The maximum absolute atomic E-state index is 5.71. The van der Waals surface area contributed by atoms with Gasteiger partial charge in [0.1, 0.15) is 18.1 Å².